The molecule has 0 N–H and O–H groups in total. The van der Waals surface area contributed by atoms with E-state index in [9.17, 15) is 4.79 Å². The Hall–Kier alpha value is -0.0500. The first kappa shape index (κ1) is 15.0. The molecular formula is C14H26BrNO. The first-order valence-corrected chi connectivity index (χ1v) is 8.27. The molecule has 0 aromatic heterocycles. The third-order valence-corrected chi connectivity index (χ3v) is 4.01. The minimum atomic E-state index is 0.382. The number of carbonyl (C=O) groups excluding carboxylic acids is 1. The van der Waals surface area contributed by atoms with Gasteiger partial charge in [0.05, 0.1) is 0 Å². The Labute approximate surface area is 114 Å². The Kier molecular flexibility index (Phi) is 7.91. The van der Waals surface area contributed by atoms with Crippen LogP contribution in [0.15, 0.2) is 0 Å². The standard InChI is InChI=1S/C14H26BrNO/c1-2-3-4-5-10-14(17)16(12-11-15)13-8-6-7-9-13/h13H,2-12H2,1H3. The van der Waals surface area contributed by atoms with Crippen LogP contribution in [0.4, 0.5) is 0 Å². The lowest BCUT2D eigenvalue weighted by Crippen LogP contribution is -2.40. The van der Waals surface area contributed by atoms with E-state index in [0.29, 0.717) is 11.9 Å². The van der Waals surface area contributed by atoms with Gasteiger partial charge in [-0.2, -0.15) is 0 Å². The number of hydrogen-bond donors (Lipinski definition) is 0. The summed E-state index contributed by atoms with van der Waals surface area (Å²) < 4.78 is 0. The number of alkyl halides is 1. The van der Waals surface area contributed by atoms with E-state index in [1.165, 1.54) is 44.9 Å². The summed E-state index contributed by atoms with van der Waals surface area (Å²) in [6.07, 6.45) is 10.5. The smallest absolute Gasteiger partial charge is 0.222 e. The predicted molar refractivity (Wildman–Crippen MR) is 76.5 cm³/mol. The highest BCUT2D eigenvalue weighted by Crippen LogP contribution is 2.24. The van der Waals surface area contributed by atoms with Crippen LogP contribution in [0, 0.1) is 0 Å². The van der Waals surface area contributed by atoms with Crippen molar-refractivity contribution in [3.63, 3.8) is 0 Å². The van der Waals surface area contributed by atoms with Gasteiger partial charge < -0.3 is 4.90 Å². The predicted octanol–water partition coefficient (Wildman–Crippen LogP) is 4.12. The van der Waals surface area contributed by atoms with Gasteiger partial charge in [-0.25, -0.2) is 0 Å². The molecule has 0 aromatic carbocycles. The molecule has 0 aromatic rings. The van der Waals surface area contributed by atoms with Crippen molar-refractivity contribution in [1.29, 1.82) is 0 Å². The molecular weight excluding hydrogens is 278 g/mol. The van der Waals surface area contributed by atoms with Crippen LogP contribution < -0.4 is 0 Å². The van der Waals surface area contributed by atoms with Gasteiger partial charge >= 0.3 is 0 Å². The van der Waals surface area contributed by atoms with Crippen LogP contribution in [0.5, 0.6) is 0 Å². The highest BCUT2D eigenvalue weighted by molar-refractivity contribution is 9.09. The molecule has 1 saturated carbocycles. The van der Waals surface area contributed by atoms with E-state index in [4.69, 9.17) is 0 Å². The average molecular weight is 304 g/mol. The summed E-state index contributed by atoms with van der Waals surface area (Å²) in [6, 6.07) is 0.534. The quantitative estimate of drug-likeness (QED) is 0.488. The molecule has 1 aliphatic carbocycles. The van der Waals surface area contributed by atoms with Crippen molar-refractivity contribution in [2.75, 3.05) is 11.9 Å². The second-order valence-electron chi connectivity index (χ2n) is 5.03. The minimum absolute atomic E-state index is 0.382. The summed E-state index contributed by atoms with van der Waals surface area (Å²) in [5, 5.41) is 0.907. The fourth-order valence-corrected chi connectivity index (χ4v) is 3.05. The Balaban J connectivity index is 2.32. The Bertz CT molecular complexity index is 214. The number of rotatable bonds is 8. The molecule has 0 spiro atoms. The maximum atomic E-state index is 12.2. The van der Waals surface area contributed by atoms with Crippen molar-refractivity contribution in [2.24, 2.45) is 0 Å². The lowest BCUT2D eigenvalue weighted by atomic mass is 10.1. The Morgan fingerprint density at radius 2 is 1.94 bits per heavy atom. The molecule has 0 radical (unpaired) electrons. The van der Waals surface area contributed by atoms with Gasteiger partial charge in [-0.15, -0.1) is 0 Å². The molecule has 0 aliphatic heterocycles. The lowest BCUT2D eigenvalue weighted by molar-refractivity contribution is -0.133. The minimum Gasteiger partial charge on any atom is -0.339 e. The third kappa shape index (κ3) is 5.41. The highest BCUT2D eigenvalue weighted by atomic mass is 79.9. The van der Waals surface area contributed by atoms with Gasteiger partial charge in [-0.1, -0.05) is 55.0 Å². The van der Waals surface area contributed by atoms with Crippen LogP contribution in [0.1, 0.15) is 64.7 Å². The zero-order chi connectivity index (χ0) is 12.5. The summed E-state index contributed by atoms with van der Waals surface area (Å²) in [6.45, 7) is 3.09. The van der Waals surface area contributed by atoms with E-state index in [2.05, 4.69) is 27.8 Å². The molecule has 1 aliphatic rings. The summed E-state index contributed by atoms with van der Waals surface area (Å²) in [7, 11) is 0. The summed E-state index contributed by atoms with van der Waals surface area (Å²) in [4.78, 5) is 14.3. The van der Waals surface area contributed by atoms with Gasteiger partial charge in [-0.3, -0.25) is 4.79 Å². The van der Waals surface area contributed by atoms with Crippen molar-refractivity contribution in [3.8, 4) is 0 Å². The molecule has 0 atom stereocenters. The zero-order valence-corrected chi connectivity index (χ0v) is 12.7. The number of nitrogens with zero attached hydrogens (tertiary/aromatic N) is 1. The number of halogens is 1. The molecule has 1 rings (SSSR count). The molecule has 17 heavy (non-hydrogen) atoms. The molecule has 1 amide bonds. The average Bonchev–Trinajstić information content (AvgIpc) is 2.85. The fraction of sp³-hybridized carbons (Fsp3) is 0.929. The zero-order valence-electron chi connectivity index (χ0n) is 11.1. The molecule has 0 saturated heterocycles. The summed E-state index contributed by atoms with van der Waals surface area (Å²) in [5.41, 5.74) is 0. The second-order valence-corrected chi connectivity index (χ2v) is 5.82. The van der Waals surface area contributed by atoms with Crippen LogP contribution in [-0.2, 0) is 4.79 Å². The van der Waals surface area contributed by atoms with E-state index in [1.807, 2.05) is 0 Å². The summed E-state index contributed by atoms with van der Waals surface area (Å²) in [5.74, 6) is 0.382. The maximum Gasteiger partial charge on any atom is 0.222 e. The number of carbonyl (C=O) groups is 1. The first-order valence-electron chi connectivity index (χ1n) is 7.15. The van der Waals surface area contributed by atoms with Crippen LogP contribution >= 0.6 is 15.9 Å². The largest absolute Gasteiger partial charge is 0.339 e. The topological polar surface area (TPSA) is 20.3 Å². The summed E-state index contributed by atoms with van der Waals surface area (Å²) >= 11 is 3.46. The molecule has 0 unspecified atom stereocenters. The number of unbranched alkanes of at least 4 members (excludes halogenated alkanes) is 3. The SMILES string of the molecule is CCCCCCC(=O)N(CCBr)C1CCCC1. The van der Waals surface area contributed by atoms with Gasteiger partial charge in [0.25, 0.3) is 0 Å². The Morgan fingerprint density at radius 3 is 2.53 bits per heavy atom. The van der Waals surface area contributed by atoms with E-state index in [0.717, 1.165) is 24.7 Å². The van der Waals surface area contributed by atoms with Crippen LogP contribution in [0.25, 0.3) is 0 Å². The monoisotopic (exact) mass is 303 g/mol. The fourth-order valence-electron chi connectivity index (χ4n) is 2.66. The third-order valence-electron chi connectivity index (χ3n) is 3.66. The van der Waals surface area contributed by atoms with Gasteiger partial charge in [0.2, 0.25) is 5.91 Å². The molecule has 3 heteroatoms. The molecule has 2 nitrogen and oxygen atoms in total. The van der Waals surface area contributed by atoms with E-state index in [1.54, 1.807) is 0 Å². The van der Waals surface area contributed by atoms with Gasteiger partial charge in [-0.05, 0) is 19.3 Å². The normalized spacial score (nSPS) is 16.4. The highest BCUT2D eigenvalue weighted by Gasteiger charge is 2.25. The van der Waals surface area contributed by atoms with E-state index in [-0.39, 0.29) is 0 Å². The van der Waals surface area contributed by atoms with Crippen LogP contribution in [0.3, 0.4) is 0 Å². The van der Waals surface area contributed by atoms with E-state index < -0.39 is 0 Å². The second kappa shape index (κ2) is 8.96. The van der Waals surface area contributed by atoms with Crippen molar-refractivity contribution >= 4 is 21.8 Å². The van der Waals surface area contributed by atoms with Gasteiger partial charge in [0, 0.05) is 24.3 Å². The van der Waals surface area contributed by atoms with E-state index >= 15 is 0 Å². The number of amides is 1. The first-order chi connectivity index (χ1) is 8.29. The molecule has 0 bridgehead atoms. The molecule has 100 valence electrons. The Morgan fingerprint density at radius 1 is 1.24 bits per heavy atom. The number of hydrogen-bond acceptors (Lipinski definition) is 1. The van der Waals surface area contributed by atoms with Crippen molar-refractivity contribution < 1.29 is 4.79 Å². The van der Waals surface area contributed by atoms with Gasteiger partial charge in [0.15, 0.2) is 0 Å². The van der Waals surface area contributed by atoms with Crippen molar-refractivity contribution in [1.82, 2.24) is 4.90 Å². The van der Waals surface area contributed by atoms with Crippen LogP contribution in [-0.4, -0.2) is 28.7 Å². The molecule has 1 fully saturated rings. The maximum absolute atomic E-state index is 12.2. The van der Waals surface area contributed by atoms with Crippen molar-refractivity contribution in [3.05, 3.63) is 0 Å². The molecule has 0 heterocycles. The van der Waals surface area contributed by atoms with Crippen molar-refractivity contribution in [2.45, 2.75) is 70.8 Å². The lowest BCUT2D eigenvalue weighted by Gasteiger charge is -2.28. The van der Waals surface area contributed by atoms with Gasteiger partial charge in [0.1, 0.15) is 0 Å². The van der Waals surface area contributed by atoms with Crippen LogP contribution in [0.2, 0.25) is 0 Å².